The van der Waals surface area contributed by atoms with Gasteiger partial charge in [0.15, 0.2) is 0 Å². The Kier molecular flexibility index (Phi) is 5.27. The Labute approximate surface area is 136 Å². The van der Waals surface area contributed by atoms with Gasteiger partial charge in [0.2, 0.25) is 5.88 Å². The molecule has 0 saturated carbocycles. The normalized spacial score (nSPS) is 12.2. The molecule has 1 atom stereocenters. The van der Waals surface area contributed by atoms with Crippen molar-refractivity contribution in [2.75, 3.05) is 0 Å². The summed E-state index contributed by atoms with van der Waals surface area (Å²) in [5, 5.41) is 0.987. The summed E-state index contributed by atoms with van der Waals surface area (Å²) in [7, 11) is 0. The number of benzene rings is 1. The summed E-state index contributed by atoms with van der Waals surface area (Å²) in [6.07, 6.45) is 2.52. The van der Waals surface area contributed by atoms with Gasteiger partial charge in [0, 0.05) is 28.8 Å². The van der Waals surface area contributed by atoms with Crippen LogP contribution in [0.1, 0.15) is 12.5 Å². The fourth-order valence-electron chi connectivity index (χ4n) is 1.66. The minimum absolute atomic E-state index is 0.100. The molecule has 20 heavy (non-hydrogen) atoms. The Balaban J connectivity index is 2.16. The lowest BCUT2D eigenvalue weighted by molar-refractivity contribution is 0.462. The van der Waals surface area contributed by atoms with Gasteiger partial charge in [0.1, 0.15) is 5.75 Å². The minimum Gasteiger partial charge on any atom is -0.437 e. The first kappa shape index (κ1) is 15.6. The number of hydrogen-bond acceptors (Lipinski definition) is 3. The van der Waals surface area contributed by atoms with Crippen LogP contribution < -0.4 is 10.5 Å². The largest absolute Gasteiger partial charge is 0.437 e. The van der Waals surface area contributed by atoms with Crippen LogP contribution in [-0.2, 0) is 6.42 Å². The quantitative estimate of drug-likeness (QED) is 0.778. The van der Waals surface area contributed by atoms with Crippen molar-refractivity contribution >= 4 is 39.1 Å². The molecule has 0 aliphatic rings. The fourth-order valence-corrected chi connectivity index (χ4v) is 2.49. The second kappa shape index (κ2) is 6.76. The minimum atomic E-state index is 0.100. The number of rotatable bonds is 4. The Morgan fingerprint density at radius 2 is 2.05 bits per heavy atom. The third-order valence-corrected chi connectivity index (χ3v) is 4.04. The van der Waals surface area contributed by atoms with Crippen molar-refractivity contribution in [3.63, 3.8) is 0 Å². The van der Waals surface area contributed by atoms with E-state index in [4.69, 9.17) is 33.7 Å². The molecule has 106 valence electrons. The maximum atomic E-state index is 6.09. The smallest absolute Gasteiger partial charge is 0.219 e. The molecule has 2 aromatic rings. The van der Waals surface area contributed by atoms with Gasteiger partial charge in [-0.05, 0) is 40.9 Å². The van der Waals surface area contributed by atoms with E-state index in [-0.39, 0.29) is 6.04 Å². The topological polar surface area (TPSA) is 48.1 Å². The highest BCUT2D eigenvalue weighted by atomic mass is 79.9. The van der Waals surface area contributed by atoms with Crippen LogP contribution in [0, 0.1) is 0 Å². The molecule has 0 amide bonds. The number of ether oxygens (including phenoxy) is 1. The predicted molar refractivity (Wildman–Crippen MR) is 85.8 cm³/mol. The van der Waals surface area contributed by atoms with Crippen molar-refractivity contribution in [2.24, 2.45) is 5.73 Å². The summed E-state index contributed by atoms with van der Waals surface area (Å²) < 4.78 is 6.34. The molecule has 1 heterocycles. The fraction of sp³-hybridized carbons (Fsp3) is 0.214. The van der Waals surface area contributed by atoms with Crippen molar-refractivity contribution < 1.29 is 4.74 Å². The van der Waals surface area contributed by atoms with Crippen LogP contribution in [0.5, 0.6) is 11.6 Å². The lowest BCUT2D eigenvalue weighted by atomic mass is 10.1. The highest BCUT2D eigenvalue weighted by Gasteiger charge is 2.09. The van der Waals surface area contributed by atoms with E-state index >= 15 is 0 Å². The molecule has 0 radical (unpaired) electrons. The Morgan fingerprint density at radius 1 is 1.30 bits per heavy atom. The van der Waals surface area contributed by atoms with E-state index in [9.17, 15) is 0 Å². The van der Waals surface area contributed by atoms with Gasteiger partial charge in [-0.1, -0.05) is 29.3 Å². The second-order valence-corrected chi connectivity index (χ2v) is 6.15. The molecule has 1 unspecified atom stereocenters. The third-order valence-electron chi connectivity index (χ3n) is 2.54. The van der Waals surface area contributed by atoms with Gasteiger partial charge < -0.3 is 10.5 Å². The standard InChI is InChI=1S/C14H13BrCl2N2O/c1-8(18)4-9-2-3-14(19-7-9)20-13-6-11(16)10(15)5-12(13)17/h2-3,5-8H,4,18H2,1H3. The third kappa shape index (κ3) is 4.09. The van der Waals surface area contributed by atoms with Crippen LogP contribution in [0.3, 0.4) is 0 Å². The van der Waals surface area contributed by atoms with Gasteiger partial charge >= 0.3 is 0 Å². The van der Waals surface area contributed by atoms with Gasteiger partial charge in [0.25, 0.3) is 0 Å². The van der Waals surface area contributed by atoms with Crippen molar-refractivity contribution in [3.8, 4) is 11.6 Å². The van der Waals surface area contributed by atoms with Crippen LogP contribution in [0.2, 0.25) is 10.0 Å². The van der Waals surface area contributed by atoms with Crippen LogP contribution in [0.15, 0.2) is 34.9 Å². The molecule has 2 N–H and O–H groups in total. The summed E-state index contributed by atoms with van der Waals surface area (Å²) >= 11 is 15.4. The van der Waals surface area contributed by atoms with Gasteiger partial charge in [0.05, 0.1) is 10.0 Å². The van der Waals surface area contributed by atoms with E-state index in [2.05, 4.69) is 20.9 Å². The molecule has 0 saturated heterocycles. The van der Waals surface area contributed by atoms with E-state index < -0.39 is 0 Å². The van der Waals surface area contributed by atoms with Crippen LogP contribution in [0.4, 0.5) is 0 Å². The molecule has 0 aliphatic carbocycles. The first-order chi connectivity index (χ1) is 9.45. The van der Waals surface area contributed by atoms with Gasteiger partial charge in [-0.15, -0.1) is 0 Å². The SMILES string of the molecule is CC(N)Cc1ccc(Oc2cc(Cl)c(Br)cc2Cl)nc1. The molecule has 2 rings (SSSR count). The number of aromatic nitrogens is 1. The predicted octanol–water partition coefficient (Wildman–Crippen LogP) is 4.83. The Hall–Kier alpha value is -0.810. The summed E-state index contributed by atoms with van der Waals surface area (Å²) in [6.45, 7) is 1.95. The molecule has 0 aliphatic heterocycles. The van der Waals surface area contributed by atoms with Crippen molar-refractivity contribution in [2.45, 2.75) is 19.4 Å². The van der Waals surface area contributed by atoms with Crippen LogP contribution in [-0.4, -0.2) is 11.0 Å². The summed E-state index contributed by atoms with van der Waals surface area (Å²) in [5.74, 6) is 0.922. The highest BCUT2D eigenvalue weighted by Crippen LogP contribution is 2.36. The lowest BCUT2D eigenvalue weighted by Gasteiger charge is -2.09. The lowest BCUT2D eigenvalue weighted by Crippen LogP contribution is -2.17. The summed E-state index contributed by atoms with van der Waals surface area (Å²) in [5.41, 5.74) is 6.80. The van der Waals surface area contributed by atoms with E-state index in [1.54, 1.807) is 24.4 Å². The average molecular weight is 376 g/mol. The van der Waals surface area contributed by atoms with Crippen molar-refractivity contribution in [1.82, 2.24) is 4.98 Å². The van der Waals surface area contributed by atoms with E-state index in [0.717, 1.165) is 16.5 Å². The second-order valence-electron chi connectivity index (χ2n) is 4.48. The summed E-state index contributed by atoms with van der Waals surface area (Å²) in [6, 6.07) is 7.14. The van der Waals surface area contributed by atoms with E-state index in [1.165, 1.54) is 0 Å². The number of nitrogens with zero attached hydrogens (tertiary/aromatic N) is 1. The zero-order valence-corrected chi connectivity index (χ0v) is 13.8. The van der Waals surface area contributed by atoms with Crippen LogP contribution in [0.25, 0.3) is 0 Å². The first-order valence-corrected chi connectivity index (χ1v) is 7.53. The molecule has 0 bridgehead atoms. The molecule has 0 spiro atoms. The zero-order valence-electron chi connectivity index (χ0n) is 10.7. The average Bonchev–Trinajstić information content (AvgIpc) is 2.37. The molecule has 3 nitrogen and oxygen atoms in total. The maximum Gasteiger partial charge on any atom is 0.219 e. The highest BCUT2D eigenvalue weighted by molar-refractivity contribution is 9.10. The van der Waals surface area contributed by atoms with Gasteiger partial charge in [-0.2, -0.15) is 0 Å². The number of nitrogens with two attached hydrogens (primary N) is 1. The molecule has 0 fully saturated rings. The van der Waals surface area contributed by atoms with Gasteiger partial charge in [-0.25, -0.2) is 4.98 Å². The van der Waals surface area contributed by atoms with Crippen molar-refractivity contribution in [3.05, 3.63) is 50.5 Å². The van der Waals surface area contributed by atoms with E-state index in [1.807, 2.05) is 13.0 Å². The maximum absolute atomic E-state index is 6.09. The van der Waals surface area contributed by atoms with Crippen LogP contribution >= 0.6 is 39.1 Å². The molecule has 1 aromatic heterocycles. The van der Waals surface area contributed by atoms with Crippen molar-refractivity contribution in [1.29, 1.82) is 0 Å². The van der Waals surface area contributed by atoms with E-state index in [0.29, 0.717) is 21.7 Å². The Morgan fingerprint density at radius 3 is 2.65 bits per heavy atom. The number of pyridine rings is 1. The number of hydrogen-bond donors (Lipinski definition) is 1. The molecular formula is C14H13BrCl2N2O. The zero-order chi connectivity index (χ0) is 14.7. The molecule has 1 aromatic carbocycles. The number of halogens is 3. The summed E-state index contributed by atoms with van der Waals surface area (Å²) in [4.78, 5) is 4.23. The molecule has 6 heteroatoms. The Bertz CT molecular complexity index is 603. The molecular weight excluding hydrogens is 363 g/mol. The first-order valence-electron chi connectivity index (χ1n) is 5.98. The monoisotopic (exact) mass is 374 g/mol. The van der Waals surface area contributed by atoms with Gasteiger partial charge in [-0.3, -0.25) is 0 Å².